The van der Waals surface area contributed by atoms with Crippen LogP contribution in [0.4, 0.5) is 11.4 Å². The Balaban J connectivity index is 1.75. The highest BCUT2D eigenvalue weighted by molar-refractivity contribution is 5.62. The van der Waals surface area contributed by atoms with Crippen molar-refractivity contribution in [1.82, 2.24) is 9.97 Å². The van der Waals surface area contributed by atoms with Crippen molar-refractivity contribution in [2.45, 2.75) is 6.54 Å². The third kappa shape index (κ3) is 3.23. The molecule has 1 aromatic heterocycles. The van der Waals surface area contributed by atoms with Gasteiger partial charge in [0.25, 0.3) is 5.69 Å². The fourth-order valence-electron chi connectivity index (χ4n) is 2.32. The van der Waals surface area contributed by atoms with E-state index in [1.807, 2.05) is 6.07 Å². The summed E-state index contributed by atoms with van der Waals surface area (Å²) in [5, 5.41) is 23.0. The lowest BCUT2D eigenvalue weighted by Crippen LogP contribution is -2.03. The summed E-state index contributed by atoms with van der Waals surface area (Å²) in [6.45, 7) is 0.322. The molecule has 0 aliphatic heterocycles. The van der Waals surface area contributed by atoms with Gasteiger partial charge in [-0.15, -0.1) is 0 Å². The van der Waals surface area contributed by atoms with E-state index in [0.29, 0.717) is 23.6 Å². The molecule has 0 bridgehead atoms. The average Bonchev–Trinajstić information content (AvgIpc) is 3.09. The van der Waals surface area contributed by atoms with Crippen molar-refractivity contribution in [3.05, 3.63) is 76.2 Å². The molecule has 0 aliphatic rings. The van der Waals surface area contributed by atoms with Crippen molar-refractivity contribution < 1.29 is 4.92 Å². The van der Waals surface area contributed by atoms with Crippen molar-refractivity contribution in [3.63, 3.8) is 0 Å². The van der Waals surface area contributed by atoms with Crippen LogP contribution in [0.2, 0.25) is 0 Å². The number of nitro benzene ring substituents is 1. The summed E-state index contributed by atoms with van der Waals surface area (Å²) in [5.41, 5.74) is 2.67. The molecule has 2 N–H and O–H groups in total. The van der Waals surface area contributed by atoms with E-state index in [1.54, 1.807) is 42.6 Å². The molecule has 0 radical (unpaired) electrons. The smallest absolute Gasteiger partial charge is 0.292 e. The summed E-state index contributed by atoms with van der Waals surface area (Å²) < 4.78 is 0. The fourth-order valence-corrected chi connectivity index (χ4v) is 2.32. The molecule has 0 atom stereocenters. The van der Waals surface area contributed by atoms with Gasteiger partial charge in [-0.2, -0.15) is 5.26 Å². The lowest BCUT2D eigenvalue weighted by atomic mass is 10.1. The van der Waals surface area contributed by atoms with Crippen LogP contribution in [-0.4, -0.2) is 14.9 Å². The zero-order valence-electron chi connectivity index (χ0n) is 12.6. The van der Waals surface area contributed by atoms with Gasteiger partial charge in [0.2, 0.25) is 0 Å². The molecule has 3 rings (SSSR count). The van der Waals surface area contributed by atoms with Gasteiger partial charge in [-0.3, -0.25) is 10.1 Å². The second-order valence-corrected chi connectivity index (χ2v) is 5.06. The minimum absolute atomic E-state index is 0.0194. The molecular weight excluding hydrogens is 306 g/mol. The van der Waals surface area contributed by atoms with Crippen LogP contribution in [0.25, 0.3) is 11.3 Å². The Morgan fingerprint density at radius 3 is 2.88 bits per heavy atom. The summed E-state index contributed by atoms with van der Waals surface area (Å²) in [4.78, 5) is 18.0. The Bertz CT molecular complexity index is 926. The number of para-hydroxylation sites is 2. The highest BCUT2D eigenvalue weighted by atomic mass is 16.6. The number of imidazole rings is 1. The van der Waals surface area contributed by atoms with Crippen LogP contribution in [0.15, 0.2) is 54.7 Å². The molecule has 0 spiro atoms. The number of nitrogens with one attached hydrogen (secondary N) is 2. The van der Waals surface area contributed by atoms with Crippen molar-refractivity contribution in [1.29, 1.82) is 5.26 Å². The van der Waals surface area contributed by atoms with Crippen LogP contribution in [0.5, 0.6) is 0 Å². The van der Waals surface area contributed by atoms with Crippen molar-refractivity contribution in [2.75, 3.05) is 5.32 Å². The van der Waals surface area contributed by atoms with E-state index in [9.17, 15) is 10.1 Å². The van der Waals surface area contributed by atoms with Crippen LogP contribution in [0.3, 0.4) is 0 Å². The summed E-state index contributed by atoms with van der Waals surface area (Å²) in [6, 6.07) is 15.7. The Hall–Kier alpha value is -3.66. The number of anilines is 1. The molecule has 1 heterocycles. The number of hydrogen-bond donors (Lipinski definition) is 2. The third-order valence-electron chi connectivity index (χ3n) is 3.48. The normalized spacial score (nSPS) is 10.1. The first-order valence-corrected chi connectivity index (χ1v) is 7.19. The molecule has 0 unspecified atom stereocenters. The van der Waals surface area contributed by atoms with Crippen LogP contribution >= 0.6 is 0 Å². The fraction of sp³-hybridized carbons (Fsp3) is 0.0588. The van der Waals surface area contributed by atoms with Crippen molar-refractivity contribution in [3.8, 4) is 17.3 Å². The number of nitro groups is 1. The minimum atomic E-state index is -0.427. The molecule has 24 heavy (non-hydrogen) atoms. The summed E-state index contributed by atoms with van der Waals surface area (Å²) in [7, 11) is 0. The van der Waals surface area contributed by atoms with Crippen molar-refractivity contribution in [2.24, 2.45) is 0 Å². The zero-order chi connectivity index (χ0) is 16.9. The Labute approximate surface area is 137 Å². The van der Waals surface area contributed by atoms with E-state index in [1.165, 1.54) is 6.07 Å². The van der Waals surface area contributed by atoms with Crippen LogP contribution in [-0.2, 0) is 6.54 Å². The van der Waals surface area contributed by atoms with E-state index in [0.717, 1.165) is 11.3 Å². The predicted octanol–water partition coefficient (Wildman–Crippen LogP) is 3.47. The molecule has 0 saturated carbocycles. The first-order chi connectivity index (χ1) is 11.7. The number of rotatable bonds is 5. The first kappa shape index (κ1) is 15.2. The summed E-state index contributed by atoms with van der Waals surface area (Å²) >= 11 is 0. The van der Waals surface area contributed by atoms with E-state index in [4.69, 9.17) is 5.26 Å². The molecule has 7 heteroatoms. The lowest BCUT2D eigenvalue weighted by Gasteiger charge is -2.05. The van der Waals surface area contributed by atoms with E-state index in [-0.39, 0.29) is 5.69 Å². The highest BCUT2D eigenvalue weighted by Gasteiger charge is 2.12. The second kappa shape index (κ2) is 6.62. The second-order valence-electron chi connectivity index (χ2n) is 5.06. The van der Waals surface area contributed by atoms with Crippen LogP contribution in [0, 0.1) is 21.4 Å². The molecule has 2 aromatic carbocycles. The van der Waals surface area contributed by atoms with Gasteiger partial charge >= 0.3 is 0 Å². The topological polar surface area (TPSA) is 108 Å². The van der Waals surface area contributed by atoms with E-state index < -0.39 is 4.92 Å². The molecule has 118 valence electrons. The van der Waals surface area contributed by atoms with Gasteiger partial charge < -0.3 is 10.3 Å². The van der Waals surface area contributed by atoms with Gasteiger partial charge in [0.05, 0.1) is 35.0 Å². The maximum atomic E-state index is 11.0. The SMILES string of the molecule is N#Cc1cccc(-c2cnc(CNc3ccccc3[N+](=O)[O-])[nH]2)c1. The zero-order valence-corrected chi connectivity index (χ0v) is 12.6. The largest absolute Gasteiger partial charge is 0.372 e. The van der Waals surface area contributed by atoms with E-state index in [2.05, 4.69) is 21.4 Å². The Kier molecular flexibility index (Phi) is 4.21. The Morgan fingerprint density at radius 1 is 1.25 bits per heavy atom. The number of benzene rings is 2. The number of hydrogen-bond acceptors (Lipinski definition) is 5. The molecule has 3 aromatic rings. The number of nitrogens with zero attached hydrogens (tertiary/aromatic N) is 3. The van der Waals surface area contributed by atoms with Gasteiger partial charge in [-0.25, -0.2) is 4.98 Å². The predicted molar refractivity (Wildman–Crippen MR) is 89.2 cm³/mol. The van der Waals surface area contributed by atoms with Crippen molar-refractivity contribution >= 4 is 11.4 Å². The molecule has 7 nitrogen and oxygen atoms in total. The van der Waals surface area contributed by atoms with Gasteiger partial charge in [-0.05, 0) is 18.2 Å². The highest BCUT2D eigenvalue weighted by Crippen LogP contribution is 2.24. The Morgan fingerprint density at radius 2 is 2.08 bits per heavy atom. The first-order valence-electron chi connectivity index (χ1n) is 7.19. The standard InChI is InChI=1S/C17H13N5O2/c18-9-12-4-3-5-13(8-12)15-10-20-17(21-15)11-19-14-6-1-2-7-16(14)22(23)24/h1-8,10,19H,11H2,(H,20,21). The van der Waals surface area contributed by atoms with E-state index >= 15 is 0 Å². The number of H-pyrrole nitrogens is 1. The maximum Gasteiger partial charge on any atom is 0.292 e. The minimum Gasteiger partial charge on any atom is -0.372 e. The summed E-state index contributed by atoms with van der Waals surface area (Å²) in [6.07, 6.45) is 1.67. The molecule has 0 saturated heterocycles. The lowest BCUT2D eigenvalue weighted by molar-refractivity contribution is -0.384. The van der Waals surface area contributed by atoms with Gasteiger partial charge in [0.1, 0.15) is 11.5 Å². The van der Waals surface area contributed by atoms with Gasteiger partial charge in [0.15, 0.2) is 0 Å². The quantitative estimate of drug-likeness (QED) is 0.553. The van der Waals surface area contributed by atoms with Gasteiger partial charge in [-0.1, -0.05) is 24.3 Å². The van der Waals surface area contributed by atoms with Crippen LogP contribution in [0.1, 0.15) is 11.4 Å². The maximum absolute atomic E-state index is 11.0. The number of aromatic nitrogens is 2. The number of nitriles is 1. The van der Waals surface area contributed by atoms with Gasteiger partial charge in [0, 0.05) is 11.6 Å². The molecule has 0 amide bonds. The molecular formula is C17H13N5O2. The monoisotopic (exact) mass is 319 g/mol. The molecule has 0 fully saturated rings. The van der Waals surface area contributed by atoms with Crippen LogP contribution < -0.4 is 5.32 Å². The molecule has 0 aliphatic carbocycles. The summed E-state index contributed by atoms with van der Waals surface area (Å²) in [5.74, 6) is 0.644. The number of aromatic amines is 1. The average molecular weight is 319 g/mol. The third-order valence-corrected chi connectivity index (χ3v) is 3.48.